The van der Waals surface area contributed by atoms with Crippen LogP contribution in [0.25, 0.3) is 5.65 Å². The molecule has 2 aromatic heterocycles. The van der Waals surface area contributed by atoms with Gasteiger partial charge in [-0.2, -0.15) is 5.10 Å². The maximum Gasteiger partial charge on any atom is 0.212 e. The number of hydrogen-bond acceptors (Lipinski definition) is 5. The molecule has 1 aliphatic rings. The number of hydrogen-bond donors (Lipinski definition) is 1. The predicted octanol–water partition coefficient (Wildman–Crippen LogP) is 2.21. The first-order chi connectivity index (χ1) is 11.9. The monoisotopic (exact) mass is 356 g/mol. The van der Waals surface area contributed by atoms with Gasteiger partial charge in [0, 0.05) is 18.3 Å². The zero-order valence-electron chi connectivity index (χ0n) is 14.4. The third-order valence-electron chi connectivity index (χ3n) is 4.75. The molecule has 1 aliphatic heterocycles. The molecule has 1 N–H and O–H groups in total. The second-order valence-corrected chi connectivity index (χ2v) is 8.46. The van der Waals surface area contributed by atoms with Crippen LogP contribution in [-0.2, 0) is 22.8 Å². The van der Waals surface area contributed by atoms with Crippen molar-refractivity contribution < 1.29 is 8.42 Å². The van der Waals surface area contributed by atoms with Crippen LogP contribution in [-0.4, -0.2) is 29.1 Å². The summed E-state index contributed by atoms with van der Waals surface area (Å²) in [5.41, 5.74) is 3.92. The van der Waals surface area contributed by atoms with Crippen LogP contribution in [0.15, 0.2) is 40.1 Å². The maximum absolute atomic E-state index is 13.2. The zero-order chi connectivity index (χ0) is 17.8. The molecule has 3 heterocycles. The molecule has 0 bridgehead atoms. The standard InChI is InChI=1S/C18H20N4O2S/c1-11-9-15-12(2)20-18-17(13(3)21-22(18)16(15)10-19-11)25(23,24)14-7-5-4-6-8-14/h4-8,11,19H,9-10H2,1-3H3. The van der Waals surface area contributed by atoms with E-state index in [1.807, 2.05) is 6.92 Å². The Balaban J connectivity index is 2.01. The summed E-state index contributed by atoms with van der Waals surface area (Å²) >= 11 is 0. The van der Waals surface area contributed by atoms with Gasteiger partial charge in [0.25, 0.3) is 0 Å². The summed E-state index contributed by atoms with van der Waals surface area (Å²) in [6.07, 6.45) is 0.865. The molecule has 4 rings (SSSR count). The van der Waals surface area contributed by atoms with Gasteiger partial charge in [-0.1, -0.05) is 18.2 Å². The van der Waals surface area contributed by atoms with E-state index in [4.69, 9.17) is 0 Å². The summed E-state index contributed by atoms with van der Waals surface area (Å²) in [7, 11) is -3.67. The van der Waals surface area contributed by atoms with Gasteiger partial charge in [-0.15, -0.1) is 0 Å². The van der Waals surface area contributed by atoms with Gasteiger partial charge in [-0.05, 0) is 44.9 Å². The maximum atomic E-state index is 13.2. The zero-order valence-corrected chi connectivity index (χ0v) is 15.3. The lowest BCUT2D eigenvalue weighted by Gasteiger charge is -2.24. The summed E-state index contributed by atoms with van der Waals surface area (Å²) in [6.45, 7) is 6.46. The molecule has 0 fully saturated rings. The lowest BCUT2D eigenvalue weighted by atomic mass is 9.99. The van der Waals surface area contributed by atoms with E-state index in [0.717, 1.165) is 23.4 Å². The van der Waals surface area contributed by atoms with Crippen molar-refractivity contribution in [2.45, 2.75) is 49.6 Å². The highest BCUT2D eigenvalue weighted by Gasteiger charge is 2.29. The van der Waals surface area contributed by atoms with Gasteiger partial charge in [0.1, 0.15) is 4.90 Å². The molecular weight excluding hydrogens is 336 g/mol. The molecule has 25 heavy (non-hydrogen) atoms. The highest BCUT2D eigenvalue weighted by Crippen LogP contribution is 2.30. The van der Waals surface area contributed by atoms with Crippen molar-refractivity contribution in [1.82, 2.24) is 19.9 Å². The van der Waals surface area contributed by atoms with Crippen molar-refractivity contribution in [2.75, 3.05) is 0 Å². The van der Waals surface area contributed by atoms with E-state index < -0.39 is 9.84 Å². The minimum absolute atomic E-state index is 0.197. The molecule has 3 aromatic rings. The van der Waals surface area contributed by atoms with Gasteiger partial charge in [0.2, 0.25) is 9.84 Å². The second kappa shape index (κ2) is 5.64. The minimum atomic E-state index is -3.67. The summed E-state index contributed by atoms with van der Waals surface area (Å²) in [5.74, 6) is 0. The molecule has 7 heteroatoms. The molecule has 130 valence electrons. The van der Waals surface area contributed by atoms with E-state index >= 15 is 0 Å². The van der Waals surface area contributed by atoms with E-state index in [9.17, 15) is 8.42 Å². The Hall–Kier alpha value is -2.25. The molecular formula is C18H20N4O2S. The normalized spacial score (nSPS) is 17.6. The molecule has 0 aliphatic carbocycles. The van der Waals surface area contributed by atoms with Crippen LogP contribution in [0.2, 0.25) is 0 Å². The van der Waals surface area contributed by atoms with Gasteiger partial charge in [-0.25, -0.2) is 17.9 Å². The van der Waals surface area contributed by atoms with Crippen molar-refractivity contribution >= 4 is 15.5 Å². The number of rotatable bonds is 2. The molecule has 1 atom stereocenters. The summed E-state index contributed by atoms with van der Waals surface area (Å²) in [4.78, 5) is 5.09. The number of aryl methyl sites for hydroxylation is 2. The molecule has 0 spiro atoms. The second-order valence-electron chi connectivity index (χ2n) is 6.57. The van der Waals surface area contributed by atoms with Gasteiger partial charge in [0.15, 0.2) is 5.65 Å². The van der Waals surface area contributed by atoms with Gasteiger partial charge < -0.3 is 5.32 Å². The highest BCUT2D eigenvalue weighted by atomic mass is 32.2. The molecule has 6 nitrogen and oxygen atoms in total. The van der Waals surface area contributed by atoms with Crippen LogP contribution in [0, 0.1) is 13.8 Å². The van der Waals surface area contributed by atoms with Gasteiger partial charge in [0.05, 0.1) is 16.3 Å². The first-order valence-corrected chi connectivity index (χ1v) is 9.79. The fourth-order valence-corrected chi connectivity index (χ4v) is 5.03. The average Bonchev–Trinajstić information content (AvgIpc) is 2.92. The summed E-state index contributed by atoms with van der Waals surface area (Å²) in [5, 5.41) is 7.94. The third-order valence-corrected chi connectivity index (χ3v) is 6.66. The van der Waals surface area contributed by atoms with E-state index in [-0.39, 0.29) is 9.79 Å². The topological polar surface area (TPSA) is 76.4 Å². The minimum Gasteiger partial charge on any atom is -0.308 e. The first kappa shape index (κ1) is 16.2. The quantitative estimate of drug-likeness (QED) is 0.762. The van der Waals surface area contributed by atoms with Crippen molar-refractivity contribution in [3.8, 4) is 0 Å². The average molecular weight is 356 g/mol. The predicted molar refractivity (Wildman–Crippen MR) is 94.4 cm³/mol. The van der Waals surface area contributed by atoms with E-state index in [1.54, 1.807) is 41.8 Å². The Labute approximate surface area is 146 Å². The SMILES string of the molecule is Cc1nc2c(S(=O)(=O)c3ccccc3)c(C)nn2c2c1CC(C)NC2. The Morgan fingerprint density at radius 1 is 1.16 bits per heavy atom. The lowest BCUT2D eigenvalue weighted by molar-refractivity contribution is 0.492. The Morgan fingerprint density at radius 2 is 1.88 bits per heavy atom. The lowest BCUT2D eigenvalue weighted by Crippen LogP contribution is -2.35. The van der Waals surface area contributed by atoms with Gasteiger partial charge in [-0.3, -0.25) is 0 Å². The Morgan fingerprint density at radius 3 is 2.60 bits per heavy atom. The molecule has 1 unspecified atom stereocenters. The Bertz CT molecular complexity index is 1070. The number of nitrogens with zero attached hydrogens (tertiary/aromatic N) is 3. The van der Waals surface area contributed by atoms with E-state index in [1.165, 1.54) is 0 Å². The molecule has 0 amide bonds. The fourth-order valence-electron chi connectivity index (χ4n) is 3.48. The third kappa shape index (κ3) is 2.46. The van der Waals surface area contributed by atoms with Crippen molar-refractivity contribution in [2.24, 2.45) is 0 Å². The van der Waals surface area contributed by atoms with E-state index in [2.05, 4.69) is 22.3 Å². The van der Waals surface area contributed by atoms with Gasteiger partial charge >= 0.3 is 0 Å². The molecule has 1 aromatic carbocycles. The number of nitrogens with one attached hydrogen (secondary N) is 1. The first-order valence-electron chi connectivity index (χ1n) is 8.31. The van der Waals surface area contributed by atoms with Crippen molar-refractivity contribution in [3.05, 3.63) is 53.0 Å². The van der Waals surface area contributed by atoms with E-state index in [0.29, 0.717) is 23.9 Å². The fraction of sp³-hybridized carbons (Fsp3) is 0.333. The van der Waals surface area contributed by atoms with Crippen LogP contribution in [0.3, 0.4) is 0 Å². The van der Waals surface area contributed by atoms with Crippen molar-refractivity contribution in [3.63, 3.8) is 0 Å². The number of benzene rings is 1. The molecule has 0 saturated carbocycles. The number of sulfone groups is 1. The van der Waals surface area contributed by atoms with Crippen molar-refractivity contribution in [1.29, 1.82) is 0 Å². The Kier molecular flexibility index (Phi) is 3.66. The van der Waals surface area contributed by atoms with Crippen LogP contribution < -0.4 is 5.32 Å². The number of fused-ring (bicyclic) bond motifs is 3. The molecule has 0 saturated heterocycles. The largest absolute Gasteiger partial charge is 0.308 e. The smallest absolute Gasteiger partial charge is 0.212 e. The molecule has 0 radical (unpaired) electrons. The summed E-state index contributed by atoms with van der Waals surface area (Å²) in [6, 6.07) is 8.82. The van der Waals surface area contributed by atoms with Crippen LogP contribution in [0.4, 0.5) is 0 Å². The summed E-state index contributed by atoms with van der Waals surface area (Å²) < 4.78 is 28.0. The van der Waals surface area contributed by atoms with Crippen LogP contribution >= 0.6 is 0 Å². The highest BCUT2D eigenvalue weighted by molar-refractivity contribution is 7.91. The number of aromatic nitrogens is 3. The van der Waals surface area contributed by atoms with Crippen LogP contribution in [0.5, 0.6) is 0 Å². The van der Waals surface area contributed by atoms with Crippen LogP contribution in [0.1, 0.15) is 29.6 Å².